The van der Waals surface area contributed by atoms with Crippen molar-refractivity contribution in [1.29, 1.82) is 0 Å². The molecular weight excluding hydrogens is 420 g/mol. The number of hydrogen-bond donors (Lipinski definition) is 3. The number of carbonyl (C=O) groups is 3. The molecule has 1 unspecified atom stereocenters. The van der Waals surface area contributed by atoms with E-state index in [1.165, 1.54) is 11.1 Å². The fraction of sp³-hybridized carbons (Fsp3) is 0.423. The molecule has 2 aromatic carbocycles. The molecule has 0 heterocycles. The molecule has 0 spiro atoms. The minimum atomic E-state index is -0.867. The van der Waals surface area contributed by atoms with Crippen molar-refractivity contribution >= 4 is 18.0 Å². The van der Waals surface area contributed by atoms with Crippen LogP contribution in [0.15, 0.2) is 48.5 Å². The van der Waals surface area contributed by atoms with Crippen LogP contribution in [0.25, 0.3) is 11.1 Å². The summed E-state index contributed by atoms with van der Waals surface area (Å²) in [7, 11) is 0. The van der Waals surface area contributed by atoms with Crippen molar-refractivity contribution in [2.75, 3.05) is 19.7 Å². The summed E-state index contributed by atoms with van der Waals surface area (Å²) in [6, 6.07) is 16.3. The van der Waals surface area contributed by atoms with E-state index < -0.39 is 17.5 Å². The van der Waals surface area contributed by atoms with Gasteiger partial charge in [-0.25, -0.2) is 4.79 Å². The van der Waals surface area contributed by atoms with E-state index in [1.54, 1.807) is 0 Å². The van der Waals surface area contributed by atoms with Gasteiger partial charge in [0.15, 0.2) is 0 Å². The number of carbonyl (C=O) groups excluding carboxylic acids is 2. The number of ether oxygens (including phenoxy) is 1. The molecule has 174 valence electrons. The largest absolute Gasteiger partial charge is 0.481 e. The molecule has 7 heteroatoms. The summed E-state index contributed by atoms with van der Waals surface area (Å²) < 4.78 is 5.55. The fourth-order valence-corrected chi connectivity index (χ4v) is 4.56. The third-order valence-electron chi connectivity index (χ3n) is 6.84. The molecule has 1 atom stereocenters. The van der Waals surface area contributed by atoms with Crippen molar-refractivity contribution < 1.29 is 24.2 Å². The molecule has 0 bridgehead atoms. The smallest absolute Gasteiger partial charge is 0.407 e. The van der Waals surface area contributed by atoms with Crippen LogP contribution >= 0.6 is 0 Å². The molecule has 0 aromatic heterocycles. The molecule has 2 aliphatic rings. The van der Waals surface area contributed by atoms with E-state index in [2.05, 4.69) is 34.9 Å². The van der Waals surface area contributed by atoms with Gasteiger partial charge in [0.2, 0.25) is 5.91 Å². The van der Waals surface area contributed by atoms with Crippen LogP contribution in [0.4, 0.5) is 4.79 Å². The summed E-state index contributed by atoms with van der Waals surface area (Å²) in [5, 5.41) is 14.6. The van der Waals surface area contributed by atoms with Crippen LogP contribution in [0.3, 0.4) is 0 Å². The highest BCUT2D eigenvalue weighted by Gasteiger charge is 2.50. The minimum Gasteiger partial charge on any atom is -0.481 e. The van der Waals surface area contributed by atoms with Gasteiger partial charge in [0, 0.05) is 25.4 Å². The fourth-order valence-electron chi connectivity index (χ4n) is 4.56. The van der Waals surface area contributed by atoms with Crippen molar-refractivity contribution in [3.63, 3.8) is 0 Å². The van der Waals surface area contributed by atoms with Gasteiger partial charge in [-0.15, -0.1) is 0 Å². The Hall–Kier alpha value is -3.35. The molecule has 0 radical (unpaired) electrons. The Morgan fingerprint density at radius 3 is 2.18 bits per heavy atom. The Labute approximate surface area is 193 Å². The molecule has 4 rings (SSSR count). The maximum absolute atomic E-state index is 12.6. The number of carboxylic acids is 1. The summed E-state index contributed by atoms with van der Waals surface area (Å²) in [6.45, 7) is 2.68. The normalized spacial score (nSPS) is 16.3. The topological polar surface area (TPSA) is 105 Å². The highest BCUT2D eigenvalue weighted by atomic mass is 16.5. The number of carboxylic acid groups (broad SMARTS) is 1. The van der Waals surface area contributed by atoms with Crippen LogP contribution in [0.5, 0.6) is 0 Å². The number of hydrogen-bond acceptors (Lipinski definition) is 4. The van der Waals surface area contributed by atoms with Crippen molar-refractivity contribution in [3.8, 4) is 11.1 Å². The van der Waals surface area contributed by atoms with E-state index in [0.717, 1.165) is 11.1 Å². The van der Waals surface area contributed by atoms with Crippen molar-refractivity contribution in [1.82, 2.24) is 10.6 Å². The Morgan fingerprint density at radius 1 is 1.03 bits per heavy atom. The van der Waals surface area contributed by atoms with Gasteiger partial charge in [0.25, 0.3) is 0 Å². The average molecular weight is 451 g/mol. The van der Waals surface area contributed by atoms with E-state index in [4.69, 9.17) is 9.84 Å². The van der Waals surface area contributed by atoms with Gasteiger partial charge in [0.1, 0.15) is 6.61 Å². The third kappa shape index (κ3) is 5.02. The zero-order valence-corrected chi connectivity index (χ0v) is 18.8. The molecule has 33 heavy (non-hydrogen) atoms. The van der Waals surface area contributed by atoms with Crippen LogP contribution < -0.4 is 10.6 Å². The number of benzene rings is 2. The van der Waals surface area contributed by atoms with Crippen molar-refractivity contribution in [2.24, 2.45) is 11.3 Å². The second kappa shape index (κ2) is 9.65. The van der Waals surface area contributed by atoms with E-state index in [1.807, 2.05) is 31.2 Å². The van der Waals surface area contributed by atoms with E-state index in [-0.39, 0.29) is 37.3 Å². The summed E-state index contributed by atoms with van der Waals surface area (Å²) in [6.07, 6.45) is 1.56. The highest BCUT2D eigenvalue weighted by molar-refractivity contribution is 5.86. The molecule has 0 aliphatic heterocycles. The van der Waals surface area contributed by atoms with E-state index in [0.29, 0.717) is 25.8 Å². The SMILES string of the molecule is CCC(CNC(=O)C1(CNC(=O)OCC2c3ccccc3-c3ccccc32)CC1)CC(=O)O. The van der Waals surface area contributed by atoms with Crippen molar-refractivity contribution in [2.45, 2.75) is 38.5 Å². The zero-order valence-electron chi connectivity index (χ0n) is 18.8. The Kier molecular flexibility index (Phi) is 6.67. The average Bonchev–Trinajstić information content (AvgIpc) is 3.55. The number of amides is 2. The lowest BCUT2D eigenvalue weighted by molar-refractivity contribution is -0.138. The summed E-state index contributed by atoms with van der Waals surface area (Å²) in [5.41, 5.74) is 4.02. The lowest BCUT2D eigenvalue weighted by atomic mass is 9.98. The predicted octanol–water partition coefficient (Wildman–Crippen LogP) is 3.92. The quantitative estimate of drug-likeness (QED) is 0.509. The molecular formula is C26H30N2O5. The first kappa shape index (κ1) is 22.8. The first-order valence-corrected chi connectivity index (χ1v) is 11.5. The first-order chi connectivity index (χ1) is 15.9. The molecule has 1 fully saturated rings. The molecule has 2 aromatic rings. The standard InChI is InChI=1S/C26H30N2O5/c1-2-17(13-23(29)30)14-27-24(31)26(11-12-26)16-28-25(32)33-15-22-20-9-5-3-7-18(20)19-8-4-6-10-21(19)22/h3-10,17,22H,2,11-16H2,1H3,(H,27,31)(H,28,32)(H,29,30). The molecule has 2 aliphatic carbocycles. The van der Waals surface area contributed by atoms with Gasteiger partial charge in [0.05, 0.1) is 5.41 Å². The second-order valence-corrected chi connectivity index (χ2v) is 9.04. The summed E-state index contributed by atoms with van der Waals surface area (Å²) in [5.74, 6) is -1.11. The maximum Gasteiger partial charge on any atom is 0.407 e. The number of fused-ring (bicyclic) bond motifs is 3. The molecule has 7 nitrogen and oxygen atoms in total. The molecule has 2 amide bonds. The molecule has 3 N–H and O–H groups in total. The van der Waals surface area contributed by atoms with Crippen LogP contribution in [0.2, 0.25) is 0 Å². The second-order valence-electron chi connectivity index (χ2n) is 9.04. The zero-order chi connectivity index (χ0) is 23.4. The lowest BCUT2D eigenvalue weighted by Gasteiger charge is -2.19. The Balaban J connectivity index is 1.28. The lowest BCUT2D eigenvalue weighted by Crippen LogP contribution is -2.42. The molecule has 1 saturated carbocycles. The Bertz CT molecular complexity index is 1000. The highest BCUT2D eigenvalue weighted by Crippen LogP contribution is 2.46. The first-order valence-electron chi connectivity index (χ1n) is 11.5. The van der Waals surface area contributed by atoms with Gasteiger partial charge < -0.3 is 20.5 Å². The number of nitrogens with one attached hydrogen (secondary N) is 2. The molecule has 0 saturated heterocycles. The third-order valence-corrected chi connectivity index (χ3v) is 6.84. The van der Waals surface area contributed by atoms with Gasteiger partial charge >= 0.3 is 12.1 Å². The summed E-state index contributed by atoms with van der Waals surface area (Å²) >= 11 is 0. The number of rotatable bonds is 10. The number of aliphatic carboxylic acids is 1. The van der Waals surface area contributed by atoms with Gasteiger partial charge in [-0.1, -0.05) is 61.9 Å². The van der Waals surface area contributed by atoms with Crippen LogP contribution in [-0.2, 0) is 14.3 Å². The van der Waals surface area contributed by atoms with E-state index >= 15 is 0 Å². The van der Waals surface area contributed by atoms with E-state index in [9.17, 15) is 14.4 Å². The monoisotopic (exact) mass is 450 g/mol. The van der Waals surface area contributed by atoms with Crippen LogP contribution in [-0.4, -0.2) is 42.8 Å². The summed E-state index contributed by atoms with van der Waals surface area (Å²) in [4.78, 5) is 36.0. The van der Waals surface area contributed by atoms with Gasteiger partial charge in [-0.05, 0) is 41.0 Å². The Morgan fingerprint density at radius 2 is 1.64 bits per heavy atom. The van der Waals surface area contributed by atoms with Gasteiger partial charge in [-0.2, -0.15) is 0 Å². The van der Waals surface area contributed by atoms with Crippen LogP contribution in [0, 0.1) is 11.3 Å². The predicted molar refractivity (Wildman–Crippen MR) is 124 cm³/mol. The van der Waals surface area contributed by atoms with Crippen molar-refractivity contribution in [3.05, 3.63) is 59.7 Å². The maximum atomic E-state index is 12.6. The number of alkyl carbamates (subject to hydrolysis) is 1. The van der Waals surface area contributed by atoms with Gasteiger partial charge in [-0.3, -0.25) is 9.59 Å². The minimum absolute atomic E-state index is 0.0125. The van der Waals surface area contributed by atoms with Crippen LogP contribution in [0.1, 0.15) is 49.7 Å².